The topological polar surface area (TPSA) is 49.8 Å². The van der Waals surface area contributed by atoms with Gasteiger partial charge < -0.3 is 10.6 Å². The van der Waals surface area contributed by atoms with Crippen molar-refractivity contribution >= 4 is 33.3 Å². The van der Waals surface area contributed by atoms with Crippen LogP contribution in [0.25, 0.3) is 0 Å². The Hall–Kier alpha value is -1.62. The average molecular weight is 335 g/mol. The molecule has 5 heteroatoms. The smallest absolute Gasteiger partial charge is 0.139 e. The van der Waals surface area contributed by atoms with Crippen molar-refractivity contribution in [3.8, 4) is 0 Å². The molecule has 2 rings (SSSR count). The first-order valence-corrected chi connectivity index (χ1v) is 7.56. The molecule has 0 saturated carbocycles. The normalized spacial score (nSPS) is 10.4. The quantitative estimate of drug-likeness (QED) is 0.856. The highest BCUT2D eigenvalue weighted by Crippen LogP contribution is 2.28. The standard InChI is InChI=1S/C15H19BrN4/c1-4-11-14(17-5-2)18-9-19-15(11)20-13-8-6-7-12(16)10(13)3/h6-9H,4-5H2,1-3H3,(H2,17,18,19,20). The maximum atomic E-state index is 4.38. The van der Waals surface area contributed by atoms with Crippen molar-refractivity contribution in [3.63, 3.8) is 0 Å². The molecule has 106 valence electrons. The lowest BCUT2D eigenvalue weighted by atomic mass is 10.1. The summed E-state index contributed by atoms with van der Waals surface area (Å²) in [6.07, 6.45) is 2.46. The van der Waals surface area contributed by atoms with Gasteiger partial charge in [-0.3, -0.25) is 0 Å². The number of hydrogen-bond acceptors (Lipinski definition) is 4. The molecule has 0 aliphatic rings. The Balaban J connectivity index is 2.38. The third-order valence-corrected chi connectivity index (χ3v) is 4.02. The lowest BCUT2D eigenvalue weighted by Gasteiger charge is -2.15. The predicted octanol–water partition coefficient (Wildman–Crippen LogP) is 4.29. The van der Waals surface area contributed by atoms with Gasteiger partial charge in [0.2, 0.25) is 0 Å². The number of aromatic nitrogens is 2. The van der Waals surface area contributed by atoms with E-state index in [1.165, 1.54) is 0 Å². The molecule has 0 amide bonds. The largest absolute Gasteiger partial charge is 0.370 e. The molecule has 0 radical (unpaired) electrons. The monoisotopic (exact) mass is 334 g/mol. The first kappa shape index (κ1) is 14.8. The van der Waals surface area contributed by atoms with Crippen LogP contribution in [-0.4, -0.2) is 16.5 Å². The van der Waals surface area contributed by atoms with Gasteiger partial charge >= 0.3 is 0 Å². The van der Waals surface area contributed by atoms with Crippen LogP contribution < -0.4 is 10.6 Å². The van der Waals surface area contributed by atoms with E-state index in [4.69, 9.17) is 0 Å². The molecule has 1 aromatic carbocycles. The Morgan fingerprint density at radius 2 is 1.90 bits per heavy atom. The van der Waals surface area contributed by atoms with E-state index in [1.54, 1.807) is 6.33 Å². The molecule has 20 heavy (non-hydrogen) atoms. The SMILES string of the molecule is CCNc1ncnc(Nc2cccc(Br)c2C)c1CC. The molecule has 1 aromatic heterocycles. The van der Waals surface area contributed by atoms with Crippen molar-refractivity contribution in [2.75, 3.05) is 17.2 Å². The van der Waals surface area contributed by atoms with Crippen LogP contribution in [0.3, 0.4) is 0 Å². The molecule has 0 aliphatic heterocycles. The van der Waals surface area contributed by atoms with Gasteiger partial charge in [-0.2, -0.15) is 0 Å². The zero-order chi connectivity index (χ0) is 14.5. The van der Waals surface area contributed by atoms with Gasteiger partial charge in [0.15, 0.2) is 0 Å². The van der Waals surface area contributed by atoms with Crippen molar-refractivity contribution in [1.82, 2.24) is 9.97 Å². The molecule has 0 fully saturated rings. The Labute approximate surface area is 128 Å². The Morgan fingerprint density at radius 1 is 1.15 bits per heavy atom. The summed E-state index contributed by atoms with van der Waals surface area (Å²) in [6, 6.07) is 6.09. The van der Waals surface area contributed by atoms with Crippen molar-refractivity contribution in [2.24, 2.45) is 0 Å². The van der Waals surface area contributed by atoms with E-state index in [2.05, 4.69) is 63.4 Å². The van der Waals surface area contributed by atoms with Gasteiger partial charge in [-0.05, 0) is 38.0 Å². The second-order valence-electron chi connectivity index (χ2n) is 4.47. The molecule has 0 unspecified atom stereocenters. The van der Waals surface area contributed by atoms with Crippen LogP contribution in [0.2, 0.25) is 0 Å². The van der Waals surface area contributed by atoms with E-state index in [9.17, 15) is 0 Å². The number of benzene rings is 1. The summed E-state index contributed by atoms with van der Waals surface area (Å²) in [7, 11) is 0. The third kappa shape index (κ3) is 3.10. The average Bonchev–Trinajstić information content (AvgIpc) is 2.44. The number of rotatable bonds is 5. The summed E-state index contributed by atoms with van der Waals surface area (Å²) in [4.78, 5) is 8.69. The van der Waals surface area contributed by atoms with E-state index in [-0.39, 0.29) is 0 Å². The predicted molar refractivity (Wildman–Crippen MR) is 87.7 cm³/mol. The minimum Gasteiger partial charge on any atom is -0.370 e. The van der Waals surface area contributed by atoms with Crippen LogP contribution in [0.4, 0.5) is 17.3 Å². The highest BCUT2D eigenvalue weighted by atomic mass is 79.9. The number of nitrogens with zero attached hydrogens (tertiary/aromatic N) is 2. The number of hydrogen-bond donors (Lipinski definition) is 2. The number of nitrogens with one attached hydrogen (secondary N) is 2. The van der Waals surface area contributed by atoms with Crippen LogP contribution in [0, 0.1) is 6.92 Å². The minimum absolute atomic E-state index is 0.847. The van der Waals surface area contributed by atoms with Crippen LogP contribution in [0.15, 0.2) is 29.0 Å². The molecule has 1 heterocycles. The van der Waals surface area contributed by atoms with Gasteiger partial charge in [-0.15, -0.1) is 0 Å². The first-order chi connectivity index (χ1) is 9.67. The zero-order valence-electron chi connectivity index (χ0n) is 12.0. The summed E-state index contributed by atoms with van der Waals surface area (Å²) >= 11 is 3.55. The molecule has 2 N–H and O–H groups in total. The molecule has 0 aliphatic carbocycles. The van der Waals surface area contributed by atoms with E-state index in [0.29, 0.717) is 0 Å². The second kappa shape index (κ2) is 6.70. The fourth-order valence-corrected chi connectivity index (χ4v) is 2.41. The van der Waals surface area contributed by atoms with E-state index >= 15 is 0 Å². The van der Waals surface area contributed by atoms with Crippen molar-refractivity contribution < 1.29 is 0 Å². The summed E-state index contributed by atoms with van der Waals surface area (Å²) in [5, 5.41) is 6.69. The lowest BCUT2D eigenvalue weighted by molar-refractivity contribution is 1.03. The molecular weight excluding hydrogens is 316 g/mol. The minimum atomic E-state index is 0.847. The zero-order valence-corrected chi connectivity index (χ0v) is 13.6. The Kier molecular flexibility index (Phi) is 4.95. The Morgan fingerprint density at radius 3 is 2.60 bits per heavy atom. The molecule has 2 aromatic rings. The second-order valence-corrected chi connectivity index (χ2v) is 5.33. The van der Waals surface area contributed by atoms with E-state index < -0.39 is 0 Å². The first-order valence-electron chi connectivity index (χ1n) is 6.77. The fourth-order valence-electron chi connectivity index (χ4n) is 2.05. The molecule has 0 bridgehead atoms. The van der Waals surface area contributed by atoms with E-state index in [1.807, 2.05) is 12.1 Å². The van der Waals surface area contributed by atoms with Crippen LogP contribution >= 0.6 is 15.9 Å². The van der Waals surface area contributed by atoms with Gasteiger partial charge in [0.1, 0.15) is 18.0 Å². The third-order valence-electron chi connectivity index (χ3n) is 3.16. The van der Waals surface area contributed by atoms with Crippen molar-refractivity contribution in [2.45, 2.75) is 27.2 Å². The molecule has 0 saturated heterocycles. The van der Waals surface area contributed by atoms with Gasteiger partial charge in [0.05, 0.1) is 0 Å². The Bertz CT molecular complexity index is 598. The lowest BCUT2D eigenvalue weighted by Crippen LogP contribution is -2.07. The van der Waals surface area contributed by atoms with Crippen molar-refractivity contribution in [3.05, 3.63) is 40.1 Å². The molecule has 0 spiro atoms. The van der Waals surface area contributed by atoms with Crippen LogP contribution in [0.1, 0.15) is 25.0 Å². The summed E-state index contributed by atoms with van der Waals surface area (Å²) < 4.78 is 1.08. The van der Waals surface area contributed by atoms with Gasteiger partial charge in [-0.1, -0.05) is 28.9 Å². The van der Waals surface area contributed by atoms with Gasteiger partial charge in [0.25, 0.3) is 0 Å². The number of anilines is 3. The van der Waals surface area contributed by atoms with Crippen LogP contribution in [-0.2, 0) is 6.42 Å². The molecular formula is C15H19BrN4. The summed E-state index contributed by atoms with van der Waals surface area (Å²) in [5.74, 6) is 1.76. The highest BCUT2D eigenvalue weighted by Gasteiger charge is 2.10. The molecule has 4 nitrogen and oxygen atoms in total. The van der Waals surface area contributed by atoms with E-state index in [0.717, 1.165) is 45.9 Å². The maximum absolute atomic E-state index is 4.38. The van der Waals surface area contributed by atoms with Crippen LogP contribution in [0.5, 0.6) is 0 Å². The van der Waals surface area contributed by atoms with Crippen molar-refractivity contribution in [1.29, 1.82) is 0 Å². The number of halogens is 1. The molecule has 0 atom stereocenters. The van der Waals surface area contributed by atoms with Gasteiger partial charge in [0, 0.05) is 22.3 Å². The summed E-state index contributed by atoms with van der Waals surface area (Å²) in [6.45, 7) is 7.09. The highest BCUT2D eigenvalue weighted by molar-refractivity contribution is 9.10. The summed E-state index contributed by atoms with van der Waals surface area (Å²) in [5.41, 5.74) is 3.32. The maximum Gasteiger partial charge on any atom is 0.139 e. The van der Waals surface area contributed by atoms with Gasteiger partial charge in [-0.25, -0.2) is 9.97 Å². The fraction of sp³-hybridized carbons (Fsp3) is 0.333.